The van der Waals surface area contributed by atoms with Crippen LogP contribution < -0.4 is 4.74 Å². The van der Waals surface area contributed by atoms with E-state index in [0.717, 1.165) is 12.1 Å². The van der Waals surface area contributed by atoms with Gasteiger partial charge in [0.1, 0.15) is 12.4 Å². The Kier molecular flexibility index (Phi) is 3.82. The molecule has 0 spiro atoms. The first-order chi connectivity index (χ1) is 6.95. The molecule has 0 aliphatic heterocycles. The first kappa shape index (κ1) is 12.1. The highest BCUT2D eigenvalue weighted by atomic mass is 35.5. The zero-order valence-electron chi connectivity index (χ0n) is 7.51. The van der Waals surface area contributed by atoms with E-state index in [1.54, 1.807) is 0 Å². The van der Waals surface area contributed by atoms with Gasteiger partial charge in [0.25, 0.3) is 0 Å². The van der Waals surface area contributed by atoms with Crippen LogP contribution >= 0.6 is 11.6 Å². The number of ether oxygens (including phenoxy) is 1. The summed E-state index contributed by atoms with van der Waals surface area (Å²) in [6.45, 7) is -0.317. The van der Waals surface area contributed by atoms with E-state index in [1.807, 2.05) is 0 Å². The predicted molar refractivity (Wildman–Crippen MR) is 49.0 cm³/mol. The molecule has 15 heavy (non-hydrogen) atoms. The van der Waals surface area contributed by atoms with E-state index in [1.165, 1.54) is 6.07 Å². The van der Waals surface area contributed by atoms with Crippen molar-refractivity contribution in [1.82, 2.24) is 0 Å². The number of alkyl halides is 3. The lowest BCUT2D eigenvalue weighted by Crippen LogP contribution is -2.07. The molecular weight excluding hydrogens is 233 g/mol. The van der Waals surface area contributed by atoms with Crippen LogP contribution in [-0.4, -0.2) is 18.3 Å². The maximum atomic E-state index is 12.4. The minimum absolute atomic E-state index is 0.0285. The minimum atomic E-state index is -4.50. The fourth-order valence-corrected chi connectivity index (χ4v) is 1.20. The zero-order chi connectivity index (χ0) is 11.5. The number of benzene rings is 1. The van der Waals surface area contributed by atoms with Crippen LogP contribution in [-0.2, 0) is 6.18 Å². The van der Waals surface area contributed by atoms with Crippen LogP contribution in [0.3, 0.4) is 0 Å². The van der Waals surface area contributed by atoms with Gasteiger partial charge in [-0.15, -0.1) is 0 Å². The monoisotopic (exact) mass is 240 g/mol. The second-order valence-corrected chi connectivity index (χ2v) is 3.12. The molecule has 0 bridgehead atoms. The Bertz CT molecular complexity index is 339. The quantitative estimate of drug-likeness (QED) is 0.880. The molecule has 0 amide bonds. The Morgan fingerprint density at radius 1 is 1.33 bits per heavy atom. The standard InChI is InChI=1S/C9H8ClF3O2/c10-8-2-1-6(15-4-3-14)5-7(8)9(11,12)13/h1-2,5,14H,3-4H2. The normalized spacial score (nSPS) is 11.5. The van der Waals surface area contributed by atoms with Crippen LogP contribution in [0.2, 0.25) is 5.02 Å². The Morgan fingerprint density at radius 2 is 2.00 bits per heavy atom. The van der Waals surface area contributed by atoms with Crippen LogP contribution in [0.4, 0.5) is 13.2 Å². The number of halogens is 4. The SMILES string of the molecule is OCCOc1ccc(Cl)c(C(F)(F)F)c1. The molecule has 0 aliphatic rings. The summed E-state index contributed by atoms with van der Waals surface area (Å²) in [5, 5.41) is 8.06. The molecule has 0 fully saturated rings. The average molecular weight is 241 g/mol. The smallest absolute Gasteiger partial charge is 0.417 e. The molecule has 0 atom stereocenters. The molecule has 1 N–H and O–H groups in total. The van der Waals surface area contributed by atoms with Gasteiger partial charge in [-0.25, -0.2) is 0 Å². The summed E-state index contributed by atoms with van der Waals surface area (Å²) < 4.78 is 41.9. The van der Waals surface area contributed by atoms with Crippen molar-refractivity contribution >= 4 is 11.6 Å². The molecule has 0 unspecified atom stereocenters. The Morgan fingerprint density at radius 3 is 2.53 bits per heavy atom. The topological polar surface area (TPSA) is 29.5 Å². The van der Waals surface area contributed by atoms with Gasteiger partial charge >= 0.3 is 6.18 Å². The van der Waals surface area contributed by atoms with Crippen LogP contribution in [0.25, 0.3) is 0 Å². The number of hydrogen-bond donors (Lipinski definition) is 1. The van der Waals surface area contributed by atoms with Gasteiger partial charge in [0, 0.05) is 0 Å². The summed E-state index contributed by atoms with van der Waals surface area (Å²) in [5.74, 6) is 0.0285. The Hall–Kier alpha value is -0.940. The third-order valence-corrected chi connectivity index (χ3v) is 1.93. The Balaban J connectivity index is 2.95. The lowest BCUT2D eigenvalue weighted by Gasteiger charge is -2.11. The van der Waals surface area contributed by atoms with E-state index < -0.39 is 11.7 Å². The molecule has 0 heterocycles. The van der Waals surface area contributed by atoms with E-state index in [2.05, 4.69) is 0 Å². The molecule has 0 radical (unpaired) electrons. The molecule has 0 aromatic heterocycles. The summed E-state index contributed by atoms with van der Waals surface area (Å²) in [7, 11) is 0. The number of hydrogen-bond acceptors (Lipinski definition) is 2. The number of aliphatic hydroxyl groups excluding tert-OH is 1. The maximum absolute atomic E-state index is 12.4. The van der Waals surface area contributed by atoms with Crippen molar-refractivity contribution < 1.29 is 23.0 Å². The molecule has 0 saturated heterocycles. The fraction of sp³-hybridized carbons (Fsp3) is 0.333. The highest BCUT2D eigenvalue weighted by molar-refractivity contribution is 6.31. The minimum Gasteiger partial charge on any atom is -0.491 e. The van der Waals surface area contributed by atoms with Gasteiger partial charge in [0.15, 0.2) is 0 Å². The zero-order valence-corrected chi connectivity index (χ0v) is 8.27. The van der Waals surface area contributed by atoms with Crippen LogP contribution in [0.5, 0.6) is 5.75 Å². The van der Waals surface area contributed by atoms with E-state index in [4.69, 9.17) is 21.4 Å². The predicted octanol–water partition coefficient (Wildman–Crippen LogP) is 2.73. The number of aliphatic hydroxyl groups is 1. The van der Waals surface area contributed by atoms with E-state index in [-0.39, 0.29) is 24.0 Å². The summed E-state index contributed by atoms with van der Waals surface area (Å²) >= 11 is 5.39. The van der Waals surface area contributed by atoms with Gasteiger partial charge in [-0.3, -0.25) is 0 Å². The van der Waals surface area contributed by atoms with Crippen molar-refractivity contribution in [1.29, 1.82) is 0 Å². The van der Waals surface area contributed by atoms with Gasteiger partial charge in [0.05, 0.1) is 17.2 Å². The van der Waals surface area contributed by atoms with Gasteiger partial charge in [0.2, 0.25) is 0 Å². The molecule has 1 rings (SSSR count). The largest absolute Gasteiger partial charge is 0.491 e. The van der Waals surface area contributed by atoms with Crippen molar-refractivity contribution in [3.05, 3.63) is 28.8 Å². The molecule has 1 aromatic carbocycles. The van der Waals surface area contributed by atoms with Crippen LogP contribution in [0.1, 0.15) is 5.56 Å². The van der Waals surface area contributed by atoms with Gasteiger partial charge in [-0.1, -0.05) is 11.6 Å². The van der Waals surface area contributed by atoms with Crippen molar-refractivity contribution in [3.63, 3.8) is 0 Å². The second kappa shape index (κ2) is 4.72. The van der Waals surface area contributed by atoms with Gasteiger partial charge < -0.3 is 9.84 Å². The third-order valence-electron chi connectivity index (χ3n) is 1.60. The lowest BCUT2D eigenvalue weighted by molar-refractivity contribution is -0.137. The Labute approximate surface area is 89.2 Å². The van der Waals surface area contributed by atoms with Crippen LogP contribution in [0.15, 0.2) is 18.2 Å². The van der Waals surface area contributed by atoms with Gasteiger partial charge in [-0.2, -0.15) is 13.2 Å². The molecule has 2 nitrogen and oxygen atoms in total. The van der Waals surface area contributed by atoms with E-state index in [9.17, 15) is 13.2 Å². The van der Waals surface area contributed by atoms with Gasteiger partial charge in [-0.05, 0) is 18.2 Å². The molecule has 84 valence electrons. The first-order valence-corrected chi connectivity index (χ1v) is 4.43. The highest BCUT2D eigenvalue weighted by Crippen LogP contribution is 2.36. The molecule has 0 saturated carbocycles. The second-order valence-electron chi connectivity index (χ2n) is 2.71. The summed E-state index contributed by atoms with van der Waals surface area (Å²) in [6, 6.07) is 3.22. The maximum Gasteiger partial charge on any atom is 0.417 e. The van der Waals surface area contributed by atoms with E-state index >= 15 is 0 Å². The van der Waals surface area contributed by atoms with E-state index in [0.29, 0.717) is 0 Å². The molecular formula is C9H8ClF3O2. The summed E-state index contributed by atoms with van der Waals surface area (Å²) in [6.07, 6.45) is -4.50. The molecule has 0 aliphatic carbocycles. The summed E-state index contributed by atoms with van der Waals surface area (Å²) in [5.41, 5.74) is -0.945. The fourth-order valence-electron chi connectivity index (χ4n) is 0.975. The van der Waals surface area contributed by atoms with Crippen LogP contribution in [0, 0.1) is 0 Å². The van der Waals surface area contributed by atoms with Crippen molar-refractivity contribution in [3.8, 4) is 5.75 Å². The van der Waals surface area contributed by atoms with Crippen molar-refractivity contribution in [2.45, 2.75) is 6.18 Å². The number of rotatable bonds is 3. The summed E-state index contributed by atoms with van der Waals surface area (Å²) in [4.78, 5) is 0. The highest BCUT2D eigenvalue weighted by Gasteiger charge is 2.33. The first-order valence-electron chi connectivity index (χ1n) is 4.05. The van der Waals surface area contributed by atoms with Crippen molar-refractivity contribution in [2.24, 2.45) is 0 Å². The molecule has 6 heteroatoms. The molecule has 1 aromatic rings. The van der Waals surface area contributed by atoms with Crippen molar-refractivity contribution in [2.75, 3.05) is 13.2 Å². The third kappa shape index (κ3) is 3.28. The average Bonchev–Trinajstić information content (AvgIpc) is 2.15. The lowest BCUT2D eigenvalue weighted by atomic mass is 10.2.